The summed E-state index contributed by atoms with van der Waals surface area (Å²) in [6.45, 7) is 3.61. The fourth-order valence-corrected chi connectivity index (χ4v) is 0.534. The van der Waals surface area contributed by atoms with Gasteiger partial charge in [0.15, 0.2) is 0 Å². The van der Waals surface area contributed by atoms with E-state index in [1.165, 1.54) is 12.5 Å². The maximum Gasteiger partial charge on any atom is 0.201 e. The Labute approximate surface area is 72.2 Å². The van der Waals surface area contributed by atoms with Crippen molar-refractivity contribution in [2.24, 2.45) is 0 Å². The first-order valence-corrected chi connectivity index (χ1v) is 3.80. The minimum Gasteiger partial charge on any atom is -0.265 e. The van der Waals surface area contributed by atoms with Gasteiger partial charge in [0.25, 0.3) is 0 Å². The van der Waals surface area contributed by atoms with Crippen LogP contribution in [0.5, 0.6) is 0 Å². The Bertz CT molecular complexity index is 221. The largest absolute Gasteiger partial charge is 0.265 e. The van der Waals surface area contributed by atoms with E-state index in [0.29, 0.717) is 0 Å². The van der Waals surface area contributed by atoms with Crippen LogP contribution in [0.2, 0.25) is 0 Å². The van der Waals surface area contributed by atoms with Crippen molar-refractivity contribution in [3.05, 3.63) is 46.0 Å². The van der Waals surface area contributed by atoms with Gasteiger partial charge in [0.2, 0.25) is 6.54 Å². The summed E-state index contributed by atoms with van der Waals surface area (Å²) in [5, 5.41) is 9.17. The molecule has 66 valence electrons. The van der Waals surface area contributed by atoms with E-state index in [1.807, 2.05) is 18.2 Å². The summed E-state index contributed by atoms with van der Waals surface area (Å²) < 4.78 is 0. The summed E-state index contributed by atoms with van der Waals surface area (Å²) in [5.41, 5.74) is 1.32. The van der Waals surface area contributed by atoms with Crippen molar-refractivity contribution < 1.29 is 4.92 Å². The number of nitrogens with zero attached hydrogens (tertiary/aromatic N) is 1. The highest BCUT2D eigenvalue weighted by Gasteiger charge is 1.77. The smallest absolute Gasteiger partial charge is 0.201 e. The molecule has 0 N–H and O–H groups in total. The van der Waals surface area contributed by atoms with Crippen molar-refractivity contribution in [3.8, 4) is 0 Å². The molecule has 3 heteroatoms. The molecule has 0 atom stereocenters. The van der Waals surface area contributed by atoms with Gasteiger partial charge in [0.05, 0.1) is 0 Å². The second-order valence-corrected chi connectivity index (χ2v) is 2.30. The van der Waals surface area contributed by atoms with Gasteiger partial charge in [-0.25, -0.2) is 0 Å². The van der Waals surface area contributed by atoms with Crippen LogP contribution in [0.4, 0.5) is 0 Å². The average Bonchev–Trinajstić information content (AvgIpc) is 2.07. The molecule has 0 unspecified atom stereocenters. The Morgan fingerprint density at radius 1 is 1.33 bits per heavy atom. The molecule has 12 heavy (non-hydrogen) atoms. The van der Waals surface area contributed by atoms with E-state index in [-0.39, 0.29) is 11.5 Å². The van der Waals surface area contributed by atoms with E-state index in [1.54, 1.807) is 0 Å². The van der Waals surface area contributed by atoms with E-state index in [4.69, 9.17) is 0 Å². The highest BCUT2D eigenvalue weighted by molar-refractivity contribution is 5.11. The van der Waals surface area contributed by atoms with Gasteiger partial charge in [0.1, 0.15) is 0 Å². The van der Waals surface area contributed by atoms with E-state index in [9.17, 15) is 10.1 Å². The summed E-state index contributed by atoms with van der Waals surface area (Å²) in [5.74, 6) is 0. The lowest BCUT2D eigenvalue weighted by Gasteiger charge is -1.82. The zero-order valence-corrected chi connectivity index (χ0v) is 7.36. The van der Waals surface area contributed by atoms with Crippen LogP contribution >= 0.6 is 0 Å². The van der Waals surface area contributed by atoms with Crippen molar-refractivity contribution in [2.45, 2.75) is 13.8 Å². The number of rotatable bonds is 1. The summed E-state index contributed by atoms with van der Waals surface area (Å²) in [4.78, 5) is 8.80. The Kier molecular flexibility index (Phi) is 5.61. The predicted molar refractivity (Wildman–Crippen MR) is 48.7 cm³/mol. The third-order valence-electron chi connectivity index (χ3n) is 1.20. The number of hydrogen-bond acceptors (Lipinski definition) is 2. The zero-order chi connectivity index (χ0) is 9.40. The maximum absolute atomic E-state index is 9.17. The van der Waals surface area contributed by atoms with Crippen LogP contribution in [0.1, 0.15) is 12.5 Å². The fourth-order valence-electron chi connectivity index (χ4n) is 0.534. The quantitative estimate of drug-likeness (QED) is 0.475. The summed E-state index contributed by atoms with van der Waals surface area (Å²) in [7, 11) is 0. The Balaban J connectivity index is 0.000000217. The van der Waals surface area contributed by atoms with Crippen molar-refractivity contribution >= 4 is 0 Å². The van der Waals surface area contributed by atoms with Gasteiger partial charge in [0, 0.05) is 11.8 Å². The average molecular weight is 167 g/mol. The molecule has 0 spiro atoms. The van der Waals surface area contributed by atoms with Crippen LogP contribution in [-0.2, 0) is 0 Å². The molecule has 0 heterocycles. The topological polar surface area (TPSA) is 43.1 Å². The SMILES string of the molecule is CC[N+](=O)[O-].Cc1ccccc1. The molecule has 0 saturated carbocycles. The molecule has 3 nitrogen and oxygen atoms in total. The lowest BCUT2D eigenvalue weighted by Crippen LogP contribution is -1.92. The second-order valence-electron chi connectivity index (χ2n) is 2.30. The van der Waals surface area contributed by atoms with Crippen LogP contribution in [-0.4, -0.2) is 11.5 Å². The molecule has 0 amide bonds. The Morgan fingerprint density at radius 3 is 1.92 bits per heavy atom. The van der Waals surface area contributed by atoms with Gasteiger partial charge in [-0.3, -0.25) is 10.1 Å². The zero-order valence-electron chi connectivity index (χ0n) is 7.36. The minimum atomic E-state index is -0.375. The molecular weight excluding hydrogens is 154 g/mol. The van der Waals surface area contributed by atoms with Gasteiger partial charge in [-0.1, -0.05) is 35.9 Å². The fraction of sp³-hybridized carbons (Fsp3) is 0.333. The van der Waals surface area contributed by atoms with Crippen LogP contribution in [0.3, 0.4) is 0 Å². The minimum absolute atomic E-state index is 0.0278. The van der Waals surface area contributed by atoms with Crippen LogP contribution in [0.25, 0.3) is 0 Å². The molecule has 0 aliphatic heterocycles. The first-order valence-electron chi connectivity index (χ1n) is 3.80. The van der Waals surface area contributed by atoms with E-state index in [2.05, 4.69) is 19.1 Å². The van der Waals surface area contributed by atoms with Gasteiger partial charge < -0.3 is 0 Å². The van der Waals surface area contributed by atoms with Crippen molar-refractivity contribution in [1.82, 2.24) is 0 Å². The summed E-state index contributed by atoms with van der Waals surface area (Å²) in [6, 6.07) is 10.3. The van der Waals surface area contributed by atoms with Crippen molar-refractivity contribution in [1.29, 1.82) is 0 Å². The Morgan fingerprint density at radius 2 is 1.75 bits per heavy atom. The van der Waals surface area contributed by atoms with Crippen LogP contribution in [0.15, 0.2) is 30.3 Å². The molecule has 1 aromatic rings. The van der Waals surface area contributed by atoms with Gasteiger partial charge >= 0.3 is 0 Å². The van der Waals surface area contributed by atoms with Gasteiger partial charge in [-0.2, -0.15) is 0 Å². The van der Waals surface area contributed by atoms with E-state index < -0.39 is 0 Å². The molecule has 0 aliphatic rings. The van der Waals surface area contributed by atoms with Crippen LogP contribution < -0.4 is 0 Å². The number of nitro groups is 1. The Hall–Kier alpha value is -1.38. The van der Waals surface area contributed by atoms with Gasteiger partial charge in [-0.15, -0.1) is 0 Å². The standard InChI is InChI=1S/C7H8.C2H5NO2/c1-7-5-3-2-4-6-7;1-2-3(4)5/h2-6H,1H3;2H2,1H3. The van der Waals surface area contributed by atoms with E-state index >= 15 is 0 Å². The van der Waals surface area contributed by atoms with Crippen molar-refractivity contribution in [3.63, 3.8) is 0 Å². The third-order valence-corrected chi connectivity index (χ3v) is 1.20. The molecule has 0 aliphatic carbocycles. The molecular formula is C9H13NO2. The maximum atomic E-state index is 9.17. The number of hydrogen-bond donors (Lipinski definition) is 0. The molecule has 0 aromatic heterocycles. The predicted octanol–water partition coefficient (Wildman–Crippen LogP) is 2.28. The third kappa shape index (κ3) is 6.74. The van der Waals surface area contributed by atoms with E-state index in [0.717, 1.165) is 0 Å². The summed E-state index contributed by atoms with van der Waals surface area (Å²) >= 11 is 0. The highest BCUT2D eigenvalue weighted by atomic mass is 16.6. The first kappa shape index (κ1) is 10.6. The molecule has 1 aromatic carbocycles. The molecule has 1 rings (SSSR count). The molecule has 0 saturated heterocycles. The highest BCUT2D eigenvalue weighted by Crippen LogP contribution is 1.92. The van der Waals surface area contributed by atoms with Crippen LogP contribution in [0, 0.1) is 17.0 Å². The molecule has 0 bridgehead atoms. The lowest BCUT2D eigenvalue weighted by molar-refractivity contribution is -0.475. The first-order chi connectivity index (χ1) is 5.66. The monoisotopic (exact) mass is 167 g/mol. The second kappa shape index (κ2) is 6.34. The number of benzene rings is 1. The molecule has 0 fully saturated rings. The normalized spacial score (nSPS) is 8.17. The summed E-state index contributed by atoms with van der Waals surface area (Å²) in [6.07, 6.45) is 0. The number of aryl methyl sites for hydroxylation is 1. The molecule has 0 radical (unpaired) electrons. The lowest BCUT2D eigenvalue weighted by atomic mass is 10.2. The van der Waals surface area contributed by atoms with Crippen molar-refractivity contribution in [2.75, 3.05) is 6.54 Å². The van der Waals surface area contributed by atoms with Gasteiger partial charge in [-0.05, 0) is 6.92 Å².